The molecule has 0 unspecified atom stereocenters. The molecule has 0 spiro atoms. The fourth-order valence-electron chi connectivity index (χ4n) is 3.61. The number of rotatable bonds is 5. The number of hydrogen-bond donors (Lipinski definition) is 0. The molecule has 1 nitrogen and oxygen atoms in total. The Kier molecular flexibility index (Phi) is 6.86. The first-order chi connectivity index (χ1) is 14.9. The fraction of sp³-hybridized carbons (Fsp3) is 0.391. The van der Waals surface area contributed by atoms with Crippen LogP contribution in [0.1, 0.15) is 49.3 Å². The Hall–Kier alpha value is -2.58. The molecule has 32 heavy (non-hydrogen) atoms. The van der Waals surface area contributed by atoms with E-state index in [4.69, 9.17) is 0 Å². The zero-order valence-corrected chi connectivity index (χ0v) is 17.0. The second-order valence-electron chi connectivity index (χ2n) is 8.00. The van der Waals surface area contributed by atoms with Crippen LogP contribution in [0.15, 0.2) is 36.4 Å². The summed E-state index contributed by atoms with van der Waals surface area (Å²) in [5.74, 6) is -5.34. The average molecular weight is 464 g/mol. The van der Waals surface area contributed by atoms with E-state index in [0.29, 0.717) is 5.92 Å². The van der Waals surface area contributed by atoms with Crippen molar-refractivity contribution in [3.05, 3.63) is 70.5 Å². The molecule has 9 heteroatoms. The van der Waals surface area contributed by atoms with Crippen molar-refractivity contribution in [3.63, 3.8) is 0 Å². The van der Waals surface area contributed by atoms with Crippen LogP contribution in [0.2, 0.25) is 0 Å². The van der Waals surface area contributed by atoms with Gasteiger partial charge in [-0.15, -0.1) is 0 Å². The molecular weight excluding hydrogens is 444 g/mol. The van der Waals surface area contributed by atoms with E-state index in [1.165, 1.54) is 6.08 Å². The molecule has 1 aliphatic carbocycles. The van der Waals surface area contributed by atoms with Gasteiger partial charge in [0.05, 0.1) is 11.1 Å². The quantitative estimate of drug-likeness (QED) is 0.407. The van der Waals surface area contributed by atoms with E-state index >= 15 is 0 Å². The van der Waals surface area contributed by atoms with Gasteiger partial charge in [-0.05, 0) is 60.6 Å². The zero-order valence-electron chi connectivity index (χ0n) is 17.0. The molecule has 3 rings (SSSR count). The predicted molar refractivity (Wildman–Crippen MR) is 102 cm³/mol. The van der Waals surface area contributed by atoms with Crippen LogP contribution in [0.5, 0.6) is 5.75 Å². The van der Waals surface area contributed by atoms with Gasteiger partial charge in [-0.25, -0.2) is 13.2 Å². The van der Waals surface area contributed by atoms with E-state index in [1.54, 1.807) is 0 Å². The predicted octanol–water partition coefficient (Wildman–Crippen LogP) is 8.09. The second-order valence-corrected chi connectivity index (χ2v) is 8.00. The third-order valence-corrected chi connectivity index (χ3v) is 5.48. The molecular formula is C23H20F8O. The summed E-state index contributed by atoms with van der Waals surface area (Å²) in [5, 5.41) is 0. The maximum Gasteiger partial charge on any atom is 0.427 e. The highest BCUT2D eigenvalue weighted by Gasteiger charge is 2.40. The van der Waals surface area contributed by atoms with Crippen molar-refractivity contribution >= 4 is 6.08 Å². The maximum atomic E-state index is 14.3. The summed E-state index contributed by atoms with van der Waals surface area (Å²) in [6.45, 7) is 2.15. The minimum absolute atomic E-state index is 0.0826. The summed E-state index contributed by atoms with van der Waals surface area (Å²) in [6, 6.07) is 1.92. The topological polar surface area (TPSA) is 9.23 Å². The van der Waals surface area contributed by atoms with Crippen molar-refractivity contribution in [1.82, 2.24) is 0 Å². The van der Waals surface area contributed by atoms with Gasteiger partial charge in [0.1, 0.15) is 5.82 Å². The Bertz CT molecular complexity index is 965. The third kappa shape index (κ3) is 5.61. The highest BCUT2D eigenvalue weighted by molar-refractivity contribution is 5.52. The summed E-state index contributed by atoms with van der Waals surface area (Å²) >= 11 is 0. The van der Waals surface area contributed by atoms with Gasteiger partial charge in [-0.1, -0.05) is 31.9 Å². The third-order valence-electron chi connectivity index (χ3n) is 5.48. The van der Waals surface area contributed by atoms with Crippen LogP contribution in [-0.4, -0.2) is 0 Å². The van der Waals surface area contributed by atoms with Crippen molar-refractivity contribution in [2.75, 3.05) is 0 Å². The first-order valence-electron chi connectivity index (χ1n) is 9.98. The molecule has 0 bridgehead atoms. The van der Waals surface area contributed by atoms with Crippen LogP contribution in [0, 0.1) is 29.3 Å². The smallest absolute Gasteiger partial charge is 0.423 e. The Morgan fingerprint density at radius 3 is 1.97 bits per heavy atom. The lowest BCUT2D eigenvalue weighted by molar-refractivity contribution is -0.188. The maximum absolute atomic E-state index is 14.3. The van der Waals surface area contributed by atoms with Crippen LogP contribution >= 0.6 is 0 Å². The van der Waals surface area contributed by atoms with Crippen LogP contribution in [0.4, 0.5) is 35.1 Å². The molecule has 1 fully saturated rings. The van der Waals surface area contributed by atoms with E-state index < -0.39 is 46.6 Å². The molecule has 174 valence electrons. The minimum Gasteiger partial charge on any atom is -0.423 e. The standard InChI is InChI=1S/C23H20F8O/c1-13-2-4-14(5-3-13)6-7-15-10-19(25)21(20(26)11-15)32-23(30,31)16-8-9-17(18(24)12-16)22(27,28)29/h6-14H,2-5H2,1H3/b7-6+. The van der Waals surface area contributed by atoms with Crippen molar-refractivity contribution in [2.24, 2.45) is 11.8 Å². The second kappa shape index (κ2) is 9.11. The van der Waals surface area contributed by atoms with E-state index in [2.05, 4.69) is 11.7 Å². The molecule has 0 radical (unpaired) electrons. The van der Waals surface area contributed by atoms with Gasteiger partial charge in [-0.2, -0.15) is 22.0 Å². The van der Waals surface area contributed by atoms with E-state index in [1.807, 2.05) is 6.08 Å². The minimum atomic E-state index is -5.09. The van der Waals surface area contributed by atoms with E-state index in [9.17, 15) is 35.1 Å². The molecule has 0 N–H and O–H groups in total. The lowest BCUT2D eigenvalue weighted by Gasteiger charge is -2.23. The molecule has 0 aliphatic heterocycles. The highest BCUT2D eigenvalue weighted by Crippen LogP contribution is 2.38. The van der Waals surface area contributed by atoms with Gasteiger partial charge in [-0.3, -0.25) is 0 Å². The summed E-state index contributed by atoms with van der Waals surface area (Å²) in [6.07, 6.45) is -2.27. The Morgan fingerprint density at radius 2 is 1.44 bits per heavy atom. The van der Waals surface area contributed by atoms with Crippen LogP contribution in [0.3, 0.4) is 0 Å². The van der Waals surface area contributed by atoms with Gasteiger partial charge >= 0.3 is 12.3 Å². The summed E-state index contributed by atoms with van der Waals surface area (Å²) < 4.78 is 113. The summed E-state index contributed by atoms with van der Waals surface area (Å²) in [4.78, 5) is 0. The monoisotopic (exact) mass is 464 g/mol. The molecule has 2 aromatic rings. The SMILES string of the molecule is CC1CCC(/C=C/c2cc(F)c(OC(F)(F)c3ccc(C(F)(F)F)c(F)c3)c(F)c2)CC1. The van der Waals surface area contributed by atoms with Gasteiger partial charge in [0.15, 0.2) is 17.4 Å². The number of hydrogen-bond acceptors (Lipinski definition) is 1. The van der Waals surface area contributed by atoms with Crippen LogP contribution in [-0.2, 0) is 12.3 Å². The van der Waals surface area contributed by atoms with E-state index in [0.717, 1.165) is 37.8 Å². The van der Waals surface area contributed by atoms with Gasteiger partial charge in [0.2, 0.25) is 0 Å². The van der Waals surface area contributed by atoms with Gasteiger partial charge in [0, 0.05) is 0 Å². The van der Waals surface area contributed by atoms with Crippen LogP contribution < -0.4 is 4.74 Å². The summed E-state index contributed by atoms with van der Waals surface area (Å²) in [7, 11) is 0. The van der Waals surface area contributed by atoms with Crippen molar-refractivity contribution in [1.29, 1.82) is 0 Å². The number of alkyl halides is 5. The van der Waals surface area contributed by atoms with E-state index in [-0.39, 0.29) is 29.7 Å². The number of ether oxygens (including phenoxy) is 1. The Morgan fingerprint density at radius 1 is 0.844 bits per heavy atom. The van der Waals surface area contributed by atoms with Crippen molar-refractivity contribution < 1.29 is 39.9 Å². The molecule has 0 heterocycles. The first kappa shape index (κ1) is 24.1. The van der Waals surface area contributed by atoms with Gasteiger partial charge in [0.25, 0.3) is 0 Å². The summed E-state index contributed by atoms with van der Waals surface area (Å²) in [5.41, 5.74) is -2.97. The Balaban J connectivity index is 1.79. The Labute approximate surface area is 179 Å². The molecule has 0 atom stereocenters. The lowest BCUT2D eigenvalue weighted by Crippen LogP contribution is -2.24. The molecule has 1 aliphatic rings. The van der Waals surface area contributed by atoms with Gasteiger partial charge < -0.3 is 4.74 Å². The molecule has 2 aromatic carbocycles. The first-order valence-corrected chi connectivity index (χ1v) is 9.98. The molecule has 0 saturated heterocycles. The largest absolute Gasteiger partial charge is 0.427 e. The molecule has 1 saturated carbocycles. The van der Waals surface area contributed by atoms with Crippen LogP contribution in [0.25, 0.3) is 6.08 Å². The fourth-order valence-corrected chi connectivity index (χ4v) is 3.61. The average Bonchev–Trinajstić information content (AvgIpc) is 2.69. The number of allylic oxidation sites excluding steroid dienone is 1. The highest BCUT2D eigenvalue weighted by atomic mass is 19.4. The van der Waals surface area contributed by atoms with Crippen molar-refractivity contribution in [2.45, 2.75) is 44.9 Å². The molecule has 0 amide bonds. The van der Waals surface area contributed by atoms with Crippen molar-refractivity contribution in [3.8, 4) is 5.75 Å². The normalized spacial score (nSPS) is 20.0. The number of halogens is 8. The lowest BCUT2D eigenvalue weighted by atomic mass is 9.83. The number of benzene rings is 2. The zero-order chi connectivity index (χ0) is 23.7. The molecule has 0 aromatic heterocycles.